The molecule has 0 atom stereocenters. The maximum Gasteiger partial charge on any atom is 0.270 e. The van der Waals surface area contributed by atoms with Crippen LogP contribution in [0.4, 0.5) is 5.69 Å². The molecule has 5 heteroatoms. The average Bonchev–Trinajstić information content (AvgIpc) is 2.37. The summed E-state index contributed by atoms with van der Waals surface area (Å²) in [7, 11) is 0. The fourth-order valence-electron chi connectivity index (χ4n) is 2.96. The maximum absolute atomic E-state index is 10.7. The van der Waals surface area contributed by atoms with Crippen molar-refractivity contribution in [3.63, 3.8) is 0 Å². The summed E-state index contributed by atoms with van der Waals surface area (Å²) >= 11 is 6.17. The van der Waals surface area contributed by atoms with Gasteiger partial charge in [0.1, 0.15) is 0 Å². The van der Waals surface area contributed by atoms with Gasteiger partial charge in [-0.3, -0.25) is 10.1 Å². The van der Waals surface area contributed by atoms with E-state index in [0.717, 1.165) is 31.2 Å². The van der Waals surface area contributed by atoms with Crippen molar-refractivity contribution in [2.45, 2.75) is 56.9 Å². The molecule has 0 aliphatic heterocycles. The van der Waals surface area contributed by atoms with Gasteiger partial charge in [-0.1, -0.05) is 49.8 Å². The summed E-state index contributed by atoms with van der Waals surface area (Å²) in [6.07, 6.45) is 8.79. The second-order valence-corrected chi connectivity index (χ2v) is 6.25. The number of hydrogen-bond acceptors (Lipinski definition) is 3. The van der Waals surface area contributed by atoms with E-state index in [1.54, 1.807) is 6.07 Å². The van der Waals surface area contributed by atoms with E-state index in [1.165, 1.54) is 31.4 Å². The summed E-state index contributed by atoms with van der Waals surface area (Å²) in [4.78, 5) is 10.3. The fraction of sp³-hybridized carbons (Fsp3) is 0.600. The minimum Gasteiger partial charge on any atom is -0.325 e. The molecule has 1 aromatic carbocycles. The Balaban J connectivity index is 2.13. The summed E-state index contributed by atoms with van der Waals surface area (Å²) in [6.45, 7) is 0. The molecule has 4 nitrogen and oxygen atoms in total. The molecule has 0 unspecified atom stereocenters. The molecule has 0 heterocycles. The van der Waals surface area contributed by atoms with Gasteiger partial charge in [-0.25, -0.2) is 0 Å². The van der Waals surface area contributed by atoms with Crippen molar-refractivity contribution in [3.05, 3.63) is 38.9 Å². The van der Waals surface area contributed by atoms with Crippen LogP contribution in [0.3, 0.4) is 0 Å². The van der Waals surface area contributed by atoms with Crippen LogP contribution in [-0.4, -0.2) is 10.5 Å². The van der Waals surface area contributed by atoms with E-state index in [1.807, 2.05) is 0 Å². The van der Waals surface area contributed by atoms with Crippen molar-refractivity contribution >= 4 is 17.3 Å². The molecule has 2 rings (SSSR count). The standard InChI is InChI=1S/C15H21ClN2O2/c16-14-10-13(18(19)20)7-6-12(14)11-15(17)8-4-2-1-3-5-9-15/h6-7,10H,1-5,8-9,11,17H2. The molecule has 20 heavy (non-hydrogen) atoms. The maximum atomic E-state index is 10.7. The van der Waals surface area contributed by atoms with E-state index in [-0.39, 0.29) is 11.2 Å². The Morgan fingerprint density at radius 1 is 1.20 bits per heavy atom. The first-order valence-corrected chi connectivity index (χ1v) is 7.60. The molecule has 110 valence electrons. The molecular weight excluding hydrogens is 276 g/mol. The monoisotopic (exact) mass is 296 g/mol. The lowest BCUT2D eigenvalue weighted by Crippen LogP contribution is -2.42. The van der Waals surface area contributed by atoms with Crippen molar-refractivity contribution in [1.82, 2.24) is 0 Å². The molecular formula is C15H21ClN2O2. The zero-order chi connectivity index (χ0) is 14.6. The van der Waals surface area contributed by atoms with Crippen LogP contribution in [0.25, 0.3) is 0 Å². The van der Waals surface area contributed by atoms with Crippen molar-refractivity contribution in [1.29, 1.82) is 0 Å². The van der Waals surface area contributed by atoms with Gasteiger partial charge in [-0.2, -0.15) is 0 Å². The van der Waals surface area contributed by atoms with Gasteiger partial charge in [0, 0.05) is 17.7 Å². The van der Waals surface area contributed by atoms with Crippen LogP contribution in [0.1, 0.15) is 50.5 Å². The molecule has 0 aromatic heterocycles. The van der Waals surface area contributed by atoms with Gasteiger partial charge in [0.25, 0.3) is 5.69 Å². The van der Waals surface area contributed by atoms with Crippen LogP contribution in [0, 0.1) is 10.1 Å². The van der Waals surface area contributed by atoms with Gasteiger partial charge in [0.05, 0.1) is 9.95 Å². The zero-order valence-corrected chi connectivity index (χ0v) is 12.4. The minimum atomic E-state index is -0.427. The van der Waals surface area contributed by atoms with Crippen LogP contribution in [0.2, 0.25) is 5.02 Å². The van der Waals surface area contributed by atoms with Crippen molar-refractivity contribution in [2.75, 3.05) is 0 Å². The van der Waals surface area contributed by atoms with Crippen LogP contribution in [0.15, 0.2) is 18.2 Å². The average molecular weight is 297 g/mol. The molecule has 1 aliphatic rings. The van der Waals surface area contributed by atoms with Crippen molar-refractivity contribution < 1.29 is 4.92 Å². The highest BCUT2D eigenvalue weighted by molar-refractivity contribution is 6.31. The molecule has 0 spiro atoms. The summed E-state index contributed by atoms with van der Waals surface area (Å²) in [5, 5.41) is 11.2. The third-order valence-electron chi connectivity index (χ3n) is 4.14. The number of nitro benzene ring substituents is 1. The molecule has 1 aromatic rings. The highest BCUT2D eigenvalue weighted by Gasteiger charge is 2.27. The van der Waals surface area contributed by atoms with Gasteiger partial charge >= 0.3 is 0 Å². The highest BCUT2D eigenvalue weighted by Crippen LogP contribution is 2.31. The second kappa shape index (κ2) is 6.55. The van der Waals surface area contributed by atoms with Gasteiger partial charge in [-0.15, -0.1) is 0 Å². The number of nitro groups is 1. The number of nitrogens with two attached hydrogens (primary N) is 1. The molecule has 0 radical (unpaired) electrons. The normalized spacial score (nSPS) is 19.1. The number of benzene rings is 1. The zero-order valence-electron chi connectivity index (χ0n) is 11.6. The summed E-state index contributed by atoms with van der Waals surface area (Å²) in [6, 6.07) is 4.67. The van der Waals surface area contributed by atoms with Crippen LogP contribution in [0.5, 0.6) is 0 Å². The van der Waals surface area contributed by atoms with Crippen LogP contribution >= 0.6 is 11.6 Å². The first-order chi connectivity index (χ1) is 9.50. The van der Waals surface area contributed by atoms with E-state index >= 15 is 0 Å². The minimum absolute atomic E-state index is 0.0301. The van der Waals surface area contributed by atoms with E-state index in [9.17, 15) is 10.1 Å². The molecule has 0 amide bonds. The predicted octanol–water partition coefficient (Wildman–Crippen LogP) is 4.23. The van der Waals surface area contributed by atoms with Gasteiger partial charge in [0.2, 0.25) is 0 Å². The Labute approximate surface area is 124 Å². The van der Waals surface area contributed by atoms with Crippen LogP contribution in [-0.2, 0) is 6.42 Å². The molecule has 1 saturated carbocycles. The number of rotatable bonds is 3. The van der Waals surface area contributed by atoms with Gasteiger partial charge in [0.15, 0.2) is 0 Å². The Morgan fingerprint density at radius 3 is 2.35 bits per heavy atom. The van der Waals surface area contributed by atoms with Gasteiger partial charge in [-0.05, 0) is 24.8 Å². The summed E-state index contributed by atoms with van der Waals surface area (Å²) in [5.41, 5.74) is 7.26. The quantitative estimate of drug-likeness (QED) is 0.670. The Morgan fingerprint density at radius 2 is 1.80 bits per heavy atom. The topological polar surface area (TPSA) is 69.2 Å². The van der Waals surface area contributed by atoms with Crippen molar-refractivity contribution in [2.24, 2.45) is 5.73 Å². The first kappa shape index (κ1) is 15.3. The van der Waals surface area contributed by atoms with Gasteiger partial charge < -0.3 is 5.73 Å². The number of halogens is 1. The van der Waals surface area contributed by atoms with E-state index in [0.29, 0.717) is 11.4 Å². The second-order valence-electron chi connectivity index (χ2n) is 5.84. The molecule has 0 saturated heterocycles. The lowest BCUT2D eigenvalue weighted by Gasteiger charge is -2.32. The lowest BCUT2D eigenvalue weighted by atomic mass is 9.80. The van der Waals surface area contributed by atoms with E-state index in [2.05, 4.69) is 0 Å². The molecule has 0 bridgehead atoms. The summed E-state index contributed by atoms with van der Waals surface area (Å²) in [5.74, 6) is 0. The first-order valence-electron chi connectivity index (χ1n) is 7.22. The largest absolute Gasteiger partial charge is 0.325 e. The number of non-ortho nitro benzene ring substituents is 1. The van der Waals surface area contributed by atoms with E-state index < -0.39 is 4.92 Å². The predicted molar refractivity (Wildman–Crippen MR) is 81.0 cm³/mol. The fourth-order valence-corrected chi connectivity index (χ4v) is 3.20. The third kappa shape index (κ3) is 3.93. The van der Waals surface area contributed by atoms with E-state index in [4.69, 9.17) is 17.3 Å². The lowest BCUT2D eigenvalue weighted by molar-refractivity contribution is -0.384. The summed E-state index contributed by atoms with van der Waals surface area (Å²) < 4.78 is 0. The molecule has 2 N–H and O–H groups in total. The SMILES string of the molecule is NC1(Cc2ccc([N+](=O)[O-])cc2Cl)CCCCCCC1. The molecule has 1 aliphatic carbocycles. The highest BCUT2D eigenvalue weighted by atomic mass is 35.5. The molecule has 1 fully saturated rings. The Hall–Kier alpha value is -1.13. The van der Waals surface area contributed by atoms with Crippen molar-refractivity contribution in [3.8, 4) is 0 Å². The number of nitrogens with zero attached hydrogens (tertiary/aromatic N) is 1. The van der Waals surface area contributed by atoms with Crippen LogP contribution < -0.4 is 5.73 Å². The Kier molecular flexibility index (Phi) is 5.00. The Bertz CT molecular complexity index is 483. The number of hydrogen-bond donors (Lipinski definition) is 1. The smallest absolute Gasteiger partial charge is 0.270 e. The third-order valence-corrected chi connectivity index (χ3v) is 4.49.